The molecule has 0 aliphatic carbocycles. The normalized spacial score (nSPS) is 17.9. The van der Waals surface area contributed by atoms with Gasteiger partial charge < -0.3 is 19.7 Å². The molecule has 2 aliphatic rings. The molecular weight excluding hydrogens is 442 g/mol. The van der Waals surface area contributed by atoms with Gasteiger partial charge in [0.25, 0.3) is 5.91 Å². The van der Waals surface area contributed by atoms with Gasteiger partial charge in [-0.3, -0.25) is 4.79 Å². The van der Waals surface area contributed by atoms with Crippen LogP contribution in [0.2, 0.25) is 0 Å². The fourth-order valence-electron chi connectivity index (χ4n) is 4.29. The number of anilines is 2. The number of amides is 1. The van der Waals surface area contributed by atoms with E-state index in [1.54, 1.807) is 12.1 Å². The summed E-state index contributed by atoms with van der Waals surface area (Å²) in [6, 6.07) is 12.2. The third-order valence-corrected chi connectivity index (χ3v) is 8.03. The number of carbonyl (C=O) groups is 1. The Morgan fingerprint density at radius 2 is 1.67 bits per heavy atom. The van der Waals surface area contributed by atoms with Gasteiger partial charge in [-0.1, -0.05) is 25.0 Å². The van der Waals surface area contributed by atoms with E-state index in [1.807, 2.05) is 24.3 Å². The first kappa shape index (κ1) is 23.5. The molecule has 4 rings (SSSR count). The molecule has 0 unspecified atom stereocenters. The van der Waals surface area contributed by atoms with Gasteiger partial charge >= 0.3 is 0 Å². The van der Waals surface area contributed by atoms with Gasteiger partial charge in [0.15, 0.2) is 0 Å². The minimum absolute atomic E-state index is 0.0287. The van der Waals surface area contributed by atoms with Crippen molar-refractivity contribution in [2.45, 2.75) is 30.6 Å². The SMILES string of the molecule is COc1ccc(C(=O)Nc2ccccc2N2CCOCC2)cc1S(=O)(=O)N1CCCCCC1. The third-order valence-electron chi connectivity index (χ3n) is 6.11. The highest BCUT2D eigenvalue weighted by atomic mass is 32.2. The summed E-state index contributed by atoms with van der Waals surface area (Å²) in [5, 5.41) is 2.96. The van der Waals surface area contributed by atoms with Crippen molar-refractivity contribution in [2.24, 2.45) is 0 Å². The largest absolute Gasteiger partial charge is 0.495 e. The molecule has 0 atom stereocenters. The second kappa shape index (κ2) is 10.5. The molecule has 2 aromatic carbocycles. The number of hydrogen-bond acceptors (Lipinski definition) is 6. The van der Waals surface area contributed by atoms with Crippen LogP contribution >= 0.6 is 0 Å². The van der Waals surface area contributed by atoms with Gasteiger partial charge in [-0.2, -0.15) is 4.31 Å². The zero-order chi connectivity index (χ0) is 23.3. The molecule has 178 valence electrons. The lowest BCUT2D eigenvalue weighted by Gasteiger charge is -2.30. The topological polar surface area (TPSA) is 88.2 Å². The van der Waals surface area contributed by atoms with Crippen molar-refractivity contribution < 1.29 is 22.7 Å². The van der Waals surface area contributed by atoms with Crippen LogP contribution in [0.4, 0.5) is 11.4 Å². The van der Waals surface area contributed by atoms with Crippen LogP contribution in [0.5, 0.6) is 5.75 Å². The van der Waals surface area contributed by atoms with Crippen LogP contribution in [0.25, 0.3) is 0 Å². The van der Waals surface area contributed by atoms with E-state index in [1.165, 1.54) is 17.5 Å². The van der Waals surface area contributed by atoms with E-state index in [4.69, 9.17) is 9.47 Å². The number of methoxy groups -OCH3 is 1. The van der Waals surface area contributed by atoms with Gasteiger partial charge in [0.05, 0.1) is 31.7 Å². The monoisotopic (exact) mass is 473 g/mol. The molecular formula is C24H31N3O5S. The molecule has 2 aliphatic heterocycles. The second-order valence-corrected chi connectivity index (χ2v) is 10.2. The summed E-state index contributed by atoms with van der Waals surface area (Å²) in [5.74, 6) is -0.129. The summed E-state index contributed by atoms with van der Waals surface area (Å²) < 4.78 is 39.1. The van der Waals surface area contributed by atoms with Crippen molar-refractivity contribution in [3.05, 3.63) is 48.0 Å². The summed E-state index contributed by atoms with van der Waals surface area (Å²) in [4.78, 5) is 15.4. The van der Waals surface area contributed by atoms with Crippen LogP contribution in [-0.4, -0.2) is 65.1 Å². The minimum atomic E-state index is -3.78. The third kappa shape index (κ3) is 5.31. The summed E-state index contributed by atoms with van der Waals surface area (Å²) in [6.07, 6.45) is 3.71. The Morgan fingerprint density at radius 3 is 2.36 bits per heavy atom. The minimum Gasteiger partial charge on any atom is -0.495 e. The standard InChI is InChI=1S/C24H31N3O5S/c1-31-22-11-10-19(18-23(22)33(29,30)27-12-6-2-3-7-13-27)24(28)25-20-8-4-5-9-21(20)26-14-16-32-17-15-26/h4-5,8-11,18H,2-3,6-7,12-17H2,1H3,(H,25,28). The van der Waals surface area contributed by atoms with Crippen LogP contribution in [0, 0.1) is 0 Å². The van der Waals surface area contributed by atoms with Crippen LogP contribution in [0.1, 0.15) is 36.0 Å². The number of benzene rings is 2. The lowest BCUT2D eigenvalue weighted by atomic mass is 10.1. The van der Waals surface area contributed by atoms with E-state index in [2.05, 4.69) is 10.2 Å². The smallest absolute Gasteiger partial charge is 0.255 e. The lowest BCUT2D eigenvalue weighted by Crippen LogP contribution is -2.36. The van der Waals surface area contributed by atoms with Crippen molar-refractivity contribution >= 4 is 27.3 Å². The molecule has 33 heavy (non-hydrogen) atoms. The van der Waals surface area contributed by atoms with Gasteiger partial charge in [-0.25, -0.2) is 8.42 Å². The molecule has 2 saturated heterocycles. The fourth-order valence-corrected chi connectivity index (χ4v) is 5.99. The molecule has 2 aromatic rings. The van der Waals surface area contributed by atoms with Crippen LogP contribution in [-0.2, 0) is 14.8 Å². The summed E-state index contributed by atoms with van der Waals surface area (Å²) >= 11 is 0. The number of para-hydroxylation sites is 2. The predicted octanol–water partition coefficient (Wildman–Crippen LogP) is 3.35. The number of carbonyl (C=O) groups excluding carboxylic acids is 1. The Morgan fingerprint density at radius 1 is 0.970 bits per heavy atom. The van der Waals surface area contributed by atoms with E-state index in [0.29, 0.717) is 32.0 Å². The molecule has 8 nitrogen and oxygen atoms in total. The van der Waals surface area contributed by atoms with Gasteiger partial charge in [-0.15, -0.1) is 0 Å². The Bertz CT molecular complexity index is 1080. The number of nitrogens with one attached hydrogen (secondary N) is 1. The fraction of sp³-hybridized carbons (Fsp3) is 0.458. The maximum atomic E-state index is 13.4. The van der Waals surface area contributed by atoms with Crippen molar-refractivity contribution in [3.8, 4) is 5.75 Å². The molecule has 0 radical (unpaired) electrons. The molecule has 2 heterocycles. The molecule has 0 aromatic heterocycles. The lowest BCUT2D eigenvalue weighted by molar-refractivity contribution is 0.102. The van der Waals surface area contributed by atoms with Crippen LogP contribution in [0.15, 0.2) is 47.4 Å². The van der Waals surface area contributed by atoms with Crippen molar-refractivity contribution in [3.63, 3.8) is 0 Å². The van der Waals surface area contributed by atoms with Crippen LogP contribution in [0.3, 0.4) is 0 Å². The van der Waals surface area contributed by atoms with Gasteiger partial charge in [0, 0.05) is 31.7 Å². The number of nitrogens with zero attached hydrogens (tertiary/aromatic N) is 2. The number of ether oxygens (including phenoxy) is 2. The summed E-state index contributed by atoms with van der Waals surface area (Å²) in [6.45, 7) is 3.72. The maximum absolute atomic E-state index is 13.4. The van der Waals surface area contributed by atoms with Crippen molar-refractivity contribution in [2.75, 3.05) is 56.7 Å². The Labute approximate surface area is 195 Å². The number of rotatable bonds is 6. The van der Waals surface area contributed by atoms with Gasteiger partial charge in [0.2, 0.25) is 10.0 Å². The van der Waals surface area contributed by atoms with E-state index in [-0.39, 0.29) is 22.1 Å². The average Bonchev–Trinajstić information content (AvgIpc) is 3.15. The average molecular weight is 474 g/mol. The number of morpholine rings is 1. The zero-order valence-corrected chi connectivity index (χ0v) is 19.8. The first-order valence-electron chi connectivity index (χ1n) is 11.4. The van der Waals surface area contributed by atoms with Crippen molar-refractivity contribution in [1.29, 1.82) is 0 Å². The highest BCUT2D eigenvalue weighted by Crippen LogP contribution is 2.31. The number of sulfonamides is 1. The molecule has 1 N–H and O–H groups in total. The highest BCUT2D eigenvalue weighted by molar-refractivity contribution is 7.89. The Kier molecular flexibility index (Phi) is 7.52. The Balaban J connectivity index is 1.61. The molecule has 0 spiro atoms. The molecule has 9 heteroatoms. The first-order valence-corrected chi connectivity index (χ1v) is 12.9. The highest BCUT2D eigenvalue weighted by Gasteiger charge is 2.29. The van der Waals surface area contributed by atoms with E-state index < -0.39 is 10.0 Å². The molecule has 0 saturated carbocycles. The van der Waals surface area contributed by atoms with Crippen LogP contribution < -0.4 is 15.0 Å². The molecule has 0 bridgehead atoms. The van der Waals surface area contributed by atoms with E-state index in [0.717, 1.165) is 44.5 Å². The summed E-state index contributed by atoms with van der Waals surface area (Å²) in [5.41, 5.74) is 1.86. The van der Waals surface area contributed by atoms with Gasteiger partial charge in [0.1, 0.15) is 10.6 Å². The van der Waals surface area contributed by atoms with E-state index in [9.17, 15) is 13.2 Å². The van der Waals surface area contributed by atoms with E-state index >= 15 is 0 Å². The molecule has 1 amide bonds. The first-order chi connectivity index (χ1) is 16.0. The second-order valence-electron chi connectivity index (χ2n) is 8.25. The predicted molar refractivity (Wildman–Crippen MR) is 128 cm³/mol. The van der Waals surface area contributed by atoms with Gasteiger partial charge in [-0.05, 0) is 43.2 Å². The quantitative estimate of drug-likeness (QED) is 0.692. The maximum Gasteiger partial charge on any atom is 0.255 e. The number of hydrogen-bond donors (Lipinski definition) is 1. The Hall–Kier alpha value is -2.62. The van der Waals surface area contributed by atoms with Crippen molar-refractivity contribution in [1.82, 2.24) is 4.31 Å². The summed E-state index contributed by atoms with van der Waals surface area (Å²) in [7, 11) is -2.34. The molecule has 2 fully saturated rings. The zero-order valence-electron chi connectivity index (χ0n) is 19.0.